The lowest BCUT2D eigenvalue weighted by molar-refractivity contribution is -0.169. The van der Waals surface area contributed by atoms with Gasteiger partial charge in [0, 0.05) is 22.2 Å². The van der Waals surface area contributed by atoms with Crippen molar-refractivity contribution in [1.82, 2.24) is 14.8 Å². The molecule has 160 valence electrons. The Morgan fingerprint density at radius 1 is 1.26 bits per heavy atom. The third-order valence-electron chi connectivity index (χ3n) is 6.29. The van der Waals surface area contributed by atoms with Gasteiger partial charge in [-0.05, 0) is 60.6 Å². The highest BCUT2D eigenvalue weighted by molar-refractivity contribution is 6.00. The van der Waals surface area contributed by atoms with Crippen molar-refractivity contribution < 1.29 is 23.8 Å². The minimum absolute atomic E-state index is 0.00500. The fourth-order valence-corrected chi connectivity index (χ4v) is 4.83. The fourth-order valence-electron chi connectivity index (χ4n) is 4.83. The maximum Gasteiger partial charge on any atom is 0.335 e. The van der Waals surface area contributed by atoms with Gasteiger partial charge in [-0.3, -0.25) is 5.10 Å². The molecule has 1 saturated carbocycles. The van der Waals surface area contributed by atoms with Crippen molar-refractivity contribution in [3.05, 3.63) is 59.4 Å². The van der Waals surface area contributed by atoms with Gasteiger partial charge in [-0.1, -0.05) is 13.8 Å². The summed E-state index contributed by atoms with van der Waals surface area (Å²) in [5.41, 5.74) is 1.25. The number of rotatable bonds is 4. The smallest absolute Gasteiger partial charge is 0.335 e. The number of nitrogens with one attached hydrogen (secondary N) is 1. The summed E-state index contributed by atoms with van der Waals surface area (Å²) < 4.78 is 31.2. The van der Waals surface area contributed by atoms with Gasteiger partial charge >= 0.3 is 5.97 Å². The number of nitrogens with zero attached hydrogens (tertiary/aromatic N) is 2. The van der Waals surface area contributed by atoms with Crippen molar-refractivity contribution in [1.29, 1.82) is 0 Å². The van der Waals surface area contributed by atoms with E-state index in [1.165, 1.54) is 12.1 Å². The Hall–Kier alpha value is -3.26. The van der Waals surface area contributed by atoms with Crippen LogP contribution in [0, 0.1) is 11.6 Å². The van der Waals surface area contributed by atoms with Crippen LogP contribution in [0.1, 0.15) is 49.8 Å². The number of halogens is 2. The Kier molecular flexibility index (Phi) is 4.20. The Bertz CT molecular complexity index is 1330. The second-order valence-corrected chi connectivity index (χ2v) is 8.63. The van der Waals surface area contributed by atoms with E-state index >= 15 is 4.39 Å². The van der Waals surface area contributed by atoms with E-state index in [2.05, 4.69) is 10.2 Å². The minimum atomic E-state index is -1.81. The molecule has 1 aliphatic carbocycles. The summed E-state index contributed by atoms with van der Waals surface area (Å²) in [6.07, 6.45) is 1.55. The van der Waals surface area contributed by atoms with Crippen LogP contribution in [0.3, 0.4) is 0 Å². The molecule has 1 fully saturated rings. The van der Waals surface area contributed by atoms with Gasteiger partial charge in [0.25, 0.3) is 0 Å². The predicted octanol–water partition coefficient (Wildman–Crippen LogP) is 4.60. The van der Waals surface area contributed by atoms with Gasteiger partial charge in [-0.25, -0.2) is 13.6 Å². The normalized spacial score (nSPS) is 21.2. The summed E-state index contributed by atoms with van der Waals surface area (Å²) in [5.74, 6) is -2.47. The summed E-state index contributed by atoms with van der Waals surface area (Å²) in [4.78, 5) is 11.5. The predicted molar refractivity (Wildman–Crippen MR) is 111 cm³/mol. The standard InChI is InChI=1S/C23H21F2N3O3/c1-11(2)21-17(13-8-23(31,9-13)22(29)30)18-16(7-12-10-26-27-20(12)19(18)25)28(21)15-5-3-14(24)4-6-15/h3-7,10-11,13,31H,8-9H2,1-2H3,(H,26,27)(H,29,30). The number of hydrogen-bond acceptors (Lipinski definition) is 3. The van der Waals surface area contributed by atoms with E-state index in [1.807, 2.05) is 24.5 Å². The summed E-state index contributed by atoms with van der Waals surface area (Å²) in [7, 11) is 0. The summed E-state index contributed by atoms with van der Waals surface area (Å²) in [6, 6.07) is 7.80. The van der Waals surface area contributed by atoms with Crippen molar-refractivity contribution in [2.45, 2.75) is 44.1 Å². The van der Waals surface area contributed by atoms with Crippen LogP contribution in [0.2, 0.25) is 0 Å². The van der Waals surface area contributed by atoms with Gasteiger partial charge in [-0.15, -0.1) is 0 Å². The molecule has 0 bridgehead atoms. The van der Waals surface area contributed by atoms with Crippen molar-refractivity contribution >= 4 is 27.8 Å². The molecule has 2 heterocycles. The van der Waals surface area contributed by atoms with Crippen molar-refractivity contribution in [3.63, 3.8) is 0 Å². The zero-order valence-electron chi connectivity index (χ0n) is 17.0. The number of hydrogen-bond donors (Lipinski definition) is 3. The molecule has 5 rings (SSSR count). The number of benzene rings is 2. The zero-order chi connectivity index (χ0) is 22.1. The van der Waals surface area contributed by atoms with Gasteiger partial charge in [0.15, 0.2) is 11.4 Å². The van der Waals surface area contributed by atoms with E-state index in [-0.39, 0.29) is 36.0 Å². The molecule has 0 spiro atoms. The molecule has 6 nitrogen and oxygen atoms in total. The summed E-state index contributed by atoms with van der Waals surface area (Å²) >= 11 is 0. The van der Waals surface area contributed by atoms with E-state index in [0.29, 0.717) is 27.5 Å². The second kappa shape index (κ2) is 6.62. The Labute approximate surface area is 176 Å². The number of aromatic amines is 1. The quantitative estimate of drug-likeness (QED) is 0.446. The molecule has 0 amide bonds. The first kappa shape index (κ1) is 19.7. The van der Waals surface area contributed by atoms with Crippen LogP contribution in [0.4, 0.5) is 8.78 Å². The van der Waals surface area contributed by atoms with E-state index in [1.54, 1.807) is 18.3 Å². The molecule has 31 heavy (non-hydrogen) atoms. The maximum atomic E-state index is 15.7. The maximum absolute atomic E-state index is 15.7. The Balaban J connectivity index is 1.85. The van der Waals surface area contributed by atoms with Crippen LogP contribution < -0.4 is 0 Å². The summed E-state index contributed by atoms with van der Waals surface area (Å²) in [6.45, 7) is 3.95. The lowest BCUT2D eigenvalue weighted by Crippen LogP contribution is -2.49. The van der Waals surface area contributed by atoms with Crippen LogP contribution in [0.15, 0.2) is 36.5 Å². The highest BCUT2D eigenvalue weighted by Gasteiger charge is 2.51. The number of carboxylic acid groups (broad SMARTS) is 1. The topological polar surface area (TPSA) is 91.1 Å². The van der Waals surface area contributed by atoms with E-state index in [0.717, 1.165) is 5.69 Å². The first-order valence-corrected chi connectivity index (χ1v) is 10.1. The van der Waals surface area contributed by atoms with E-state index in [4.69, 9.17) is 0 Å². The molecule has 2 aromatic carbocycles. The van der Waals surface area contributed by atoms with E-state index < -0.39 is 17.4 Å². The number of aliphatic carboxylic acids is 1. The number of carboxylic acids is 1. The molecule has 0 radical (unpaired) electrons. The SMILES string of the molecule is CC(C)c1c(C2CC(O)(C(=O)O)C2)c2c(F)c3[nH]ncc3cc2n1-c1ccc(F)cc1. The molecule has 2 aromatic heterocycles. The molecule has 3 N–H and O–H groups in total. The molecule has 0 saturated heterocycles. The van der Waals surface area contributed by atoms with Crippen molar-refractivity contribution in [2.75, 3.05) is 0 Å². The number of aromatic nitrogens is 3. The molecule has 0 unspecified atom stereocenters. The molecule has 0 atom stereocenters. The number of fused-ring (bicyclic) bond motifs is 2. The van der Waals surface area contributed by atoms with Crippen molar-refractivity contribution in [2.24, 2.45) is 0 Å². The molecular weight excluding hydrogens is 404 g/mol. The highest BCUT2D eigenvalue weighted by atomic mass is 19.1. The first-order chi connectivity index (χ1) is 14.7. The van der Waals surface area contributed by atoms with Crippen LogP contribution in [0.25, 0.3) is 27.5 Å². The third kappa shape index (κ3) is 2.78. The fraction of sp³-hybridized carbons (Fsp3) is 0.304. The first-order valence-electron chi connectivity index (χ1n) is 10.1. The van der Waals surface area contributed by atoms with Gasteiger partial charge < -0.3 is 14.8 Å². The number of aliphatic hydroxyl groups is 1. The number of H-pyrrole nitrogens is 1. The van der Waals surface area contributed by atoms with Crippen molar-refractivity contribution in [3.8, 4) is 5.69 Å². The average Bonchev–Trinajstić information content (AvgIpc) is 3.29. The lowest BCUT2D eigenvalue weighted by Gasteiger charge is -2.41. The summed E-state index contributed by atoms with van der Waals surface area (Å²) in [5, 5.41) is 27.3. The van der Waals surface area contributed by atoms with Crippen LogP contribution in [-0.4, -0.2) is 36.5 Å². The Morgan fingerprint density at radius 2 is 1.94 bits per heavy atom. The van der Waals surface area contributed by atoms with Gasteiger partial charge in [0.2, 0.25) is 0 Å². The van der Waals surface area contributed by atoms with Gasteiger partial charge in [-0.2, -0.15) is 5.10 Å². The van der Waals surface area contributed by atoms with Crippen LogP contribution >= 0.6 is 0 Å². The van der Waals surface area contributed by atoms with E-state index in [9.17, 15) is 19.4 Å². The molecule has 8 heteroatoms. The Morgan fingerprint density at radius 3 is 2.55 bits per heavy atom. The lowest BCUT2D eigenvalue weighted by atomic mass is 9.66. The van der Waals surface area contributed by atoms with Gasteiger partial charge in [0.05, 0.1) is 11.7 Å². The van der Waals surface area contributed by atoms with Crippen LogP contribution in [0.5, 0.6) is 0 Å². The molecular formula is C23H21F2N3O3. The van der Waals surface area contributed by atoms with Crippen LogP contribution in [-0.2, 0) is 4.79 Å². The zero-order valence-corrected chi connectivity index (χ0v) is 17.0. The number of carbonyl (C=O) groups is 1. The average molecular weight is 425 g/mol. The second-order valence-electron chi connectivity index (χ2n) is 8.63. The molecule has 0 aliphatic heterocycles. The highest BCUT2D eigenvalue weighted by Crippen LogP contribution is 2.51. The molecule has 1 aliphatic rings. The largest absolute Gasteiger partial charge is 0.479 e. The minimum Gasteiger partial charge on any atom is -0.479 e. The van der Waals surface area contributed by atoms with Gasteiger partial charge in [0.1, 0.15) is 11.3 Å². The molecule has 4 aromatic rings. The third-order valence-corrected chi connectivity index (χ3v) is 6.29. The monoisotopic (exact) mass is 425 g/mol.